The number of para-hydroxylation sites is 2. The zero-order valence-corrected chi connectivity index (χ0v) is 12.7. The van der Waals surface area contributed by atoms with Crippen molar-refractivity contribution in [1.29, 1.82) is 0 Å². The third kappa shape index (κ3) is 2.63. The SMILES string of the molecule is O=C(CN1CCc2ccccc21)Nc1cccc2cccnc12. The van der Waals surface area contributed by atoms with Gasteiger partial charge in [0.05, 0.1) is 17.7 Å². The van der Waals surface area contributed by atoms with E-state index in [4.69, 9.17) is 0 Å². The van der Waals surface area contributed by atoms with Gasteiger partial charge in [-0.25, -0.2) is 0 Å². The highest BCUT2D eigenvalue weighted by atomic mass is 16.2. The van der Waals surface area contributed by atoms with Crippen LogP contribution in [0.25, 0.3) is 10.9 Å². The number of fused-ring (bicyclic) bond motifs is 2. The van der Waals surface area contributed by atoms with E-state index >= 15 is 0 Å². The molecule has 1 amide bonds. The van der Waals surface area contributed by atoms with Crippen molar-refractivity contribution in [3.63, 3.8) is 0 Å². The molecule has 0 saturated carbocycles. The van der Waals surface area contributed by atoms with E-state index in [0.717, 1.165) is 29.6 Å². The maximum absolute atomic E-state index is 12.4. The van der Waals surface area contributed by atoms with E-state index in [9.17, 15) is 4.79 Å². The second-order valence-electron chi connectivity index (χ2n) is 5.73. The highest BCUT2D eigenvalue weighted by molar-refractivity contribution is 6.01. The molecule has 0 spiro atoms. The third-order valence-electron chi connectivity index (χ3n) is 4.22. The number of nitrogens with one attached hydrogen (secondary N) is 1. The summed E-state index contributed by atoms with van der Waals surface area (Å²) < 4.78 is 0. The Bertz CT molecular complexity index is 870. The topological polar surface area (TPSA) is 45.2 Å². The van der Waals surface area contributed by atoms with Crippen LogP contribution >= 0.6 is 0 Å². The summed E-state index contributed by atoms with van der Waals surface area (Å²) in [5, 5.41) is 4.02. The van der Waals surface area contributed by atoms with Crippen molar-refractivity contribution in [3.8, 4) is 0 Å². The molecular weight excluding hydrogens is 286 g/mol. The van der Waals surface area contributed by atoms with E-state index in [1.807, 2.05) is 42.5 Å². The van der Waals surface area contributed by atoms with E-state index in [1.165, 1.54) is 11.3 Å². The van der Waals surface area contributed by atoms with Crippen LogP contribution in [0.1, 0.15) is 5.56 Å². The predicted octanol–water partition coefficient (Wildman–Crippen LogP) is 3.24. The van der Waals surface area contributed by atoms with Crippen LogP contribution in [0.4, 0.5) is 11.4 Å². The minimum absolute atomic E-state index is 0.0140. The molecule has 0 unspecified atom stereocenters. The molecule has 3 aromatic rings. The molecule has 0 aliphatic carbocycles. The number of carbonyl (C=O) groups excluding carboxylic acids is 1. The van der Waals surface area contributed by atoms with E-state index in [1.54, 1.807) is 6.20 Å². The lowest BCUT2D eigenvalue weighted by Gasteiger charge is -2.19. The number of rotatable bonds is 3. The van der Waals surface area contributed by atoms with Gasteiger partial charge in [-0.15, -0.1) is 0 Å². The van der Waals surface area contributed by atoms with Gasteiger partial charge >= 0.3 is 0 Å². The van der Waals surface area contributed by atoms with E-state index in [0.29, 0.717) is 6.54 Å². The molecule has 0 fully saturated rings. The van der Waals surface area contributed by atoms with Crippen molar-refractivity contribution < 1.29 is 4.79 Å². The number of amides is 1. The van der Waals surface area contributed by atoms with Crippen molar-refractivity contribution in [2.75, 3.05) is 23.3 Å². The first kappa shape index (κ1) is 13.8. The average molecular weight is 303 g/mol. The first-order valence-electron chi connectivity index (χ1n) is 7.78. The summed E-state index contributed by atoms with van der Waals surface area (Å²) in [4.78, 5) is 18.9. The Kier molecular flexibility index (Phi) is 3.42. The second kappa shape index (κ2) is 5.72. The molecule has 2 aromatic carbocycles. The number of nitrogens with zero attached hydrogens (tertiary/aromatic N) is 2. The molecule has 1 aliphatic rings. The summed E-state index contributed by atoms with van der Waals surface area (Å²) in [5.74, 6) is -0.0140. The average Bonchev–Trinajstić information content (AvgIpc) is 2.98. The monoisotopic (exact) mass is 303 g/mol. The van der Waals surface area contributed by atoms with Gasteiger partial charge in [-0.05, 0) is 30.2 Å². The van der Waals surface area contributed by atoms with Crippen molar-refractivity contribution in [2.45, 2.75) is 6.42 Å². The van der Waals surface area contributed by atoms with Crippen LogP contribution < -0.4 is 10.2 Å². The first-order valence-corrected chi connectivity index (χ1v) is 7.78. The van der Waals surface area contributed by atoms with Gasteiger partial charge in [0, 0.05) is 23.8 Å². The van der Waals surface area contributed by atoms with Crippen LogP contribution in [0.15, 0.2) is 60.8 Å². The largest absolute Gasteiger partial charge is 0.362 e. The van der Waals surface area contributed by atoms with Gasteiger partial charge in [-0.1, -0.05) is 36.4 Å². The lowest BCUT2D eigenvalue weighted by molar-refractivity contribution is -0.114. The van der Waals surface area contributed by atoms with Crippen LogP contribution in [0.2, 0.25) is 0 Å². The van der Waals surface area contributed by atoms with E-state index in [2.05, 4.69) is 27.3 Å². The highest BCUT2D eigenvalue weighted by Crippen LogP contribution is 2.27. The van der Waals surface area contributed by atoms with Crippen LogP contribution in [-0.4, -0.2) is 24.0 Å². The molecule has 114 valence electrons. The molecule has 0 bridgehead atoms. The molecule has 4 nitrogen and oxygen atoms in total. The summed E-state index contributed by atoms with van der Waals surface area (Å²) in [5.41, 5.74) is 4.07. The number of anilines is 2. The van der Waals surface area contributed by atoms with Crippen molar-refractivity contribution in [3.05, 3.63) is 66.4 Å². The second-order valence-corrected chi connectivity index (χ2v) is 5.73. The Labute approximate surface area is 134 Å². The molecule has 23 heavy (non-hydrogen) atoms. The number of hydrogen-bond acceptors (Lipinski definition) is 3. The van der Waals surface area contributed by atoms with Gasteiger partial charge in [-0.3, -0.25) is 9.78 Å². The minimum atomic E-state index is -0.0140. The zero-order chi connectivity index (χ0) is 15.6. The molecule has 1 N–H and O–H groups in total. The summed E-state index contributed by atoms with van der Waals surface area (Å²) in [6, 6.07) is 18.0. The van der Waals surface area contributed by atoms with Crippen molar-refractivity contribution in [2.24, 2.45) is 0 Å². The summed E-state index contributed by atoms with van der Waals surface area (Å²) in [7, 11) is 0. The smallest absolute Gasteiger partial charge is 0.243 e. The third-order valence-corrected chi connectivity index (χ3v) is 4.22. The number of carbonyl (C=O) groups is 1. The standard InChI is InChI=1S/C19H17N3O/c23-18(13-22-12-10-14-5-1-2-9-17(14)22)21-16-8-3-6-15-7-4-11-20-19(15)16/h1-9,11H,10,12-13H2,(H,21,23). The Hall–Kier alpha value is -2.88. The molecule has 2 heterocycles. The maximum Gasteiger partial charge on any atom is 0.243 e. The maximum atomic E-state index is 12.4. The Morgan fingerprint density at radius 2 is 1.96 bits per heavy atom. The summed E-state index contributed by atoms with van der Waals surface area (Å²) in [6.07, 6.45) is 2.74. The van der Waals surface area contributed by atoms with Gasteiger partial charge in [0.25, 0.3) is 0 Å². The Balaban J connectivity index is 1.52. The fourth-order valence-corrected chi connectivity index (χ4v) is 3.14. The number of aromatic nitrogens is 1. The molecule has 1 aliphatic heterocycles. The van der Waals surface area contributed by atoms with E-state index < -0.39 is 0 Å². The summed E-state index contributed by atoms with van der Waals surface area (Å²) in [6.45, 7) is 1.25. The normalized spacial score (nSPS) is 13.1. The molecule has 4 rings (SSSR count). The van der Waals surface area contributed by atoms with Crippen LogP contribution in [-0.2, 0) is 11.2 Å². The molecule has 0 saturated heterocycles. The minimum Gasteiger partial charge on any atom is -0.362 e. The highest BCUT2D eigenvalue weighted by Gasteiger charge is 2.20. The van der Waals surface area contributed by atoms with Crippen molar-refractivity contribution >= 4 is 28.2 Å². The van der Waals surface area contributed by atoms with E-state index in [-0.39, 0.29) is 5.91 Å². The molecule has 4 heteroatoms. The van der Waals surface area contributed by atoms with Crippen LogP contribution in [0.5, 0.6) is 0 Å². The number of pyridine rings is 1. The predicted molar refractivity (Wildman–Crippen MR) is 92.7 cm³/mol. The summed E-state index contributed by atoms with van der Waals surface area (Å²) >= 11 is 0. The van der Waals surface area contributed by atoms with Gasteiger partial charge in [0.1, 0.15) is 0 Å². The zero-order valence-electron chi connectivity index (χ0n) is 12.7. The van der Waals surface area contributed by atoms with Crippen LogP contribution in [0, 0.1) is 0 Å². The number of benzene rings is 2. The lowest BCUT2D eigenvalue weighted by Crippen LogP contribution is -2.31. The van der Waals surface area contributed by atoms with Gasteiger partial charge in [-0.2, -0.15) is 0 Å². The van der Waals surface area contributed by atoms with Gasteiger partial charge < -0.3 is 10.2 Å². The van der Waals surface area contributed by atoms with Gasteiger partial charge in [0.2, 0.25) is 5.91 Å². The fourth-order valence-electron chi connectivity index (χ4n) is 3.14. The first-order chi connectivity index (χ1) is 11.3. The van der Waals surface area contributed by atoms with Crippen molar-refractivity contribution in [1.82, 2.24) is 4.98 Å². The molecular formula is C19H17N3O. The van der Waals surface area contributed by atoms with Gasteiger partial charge in [0.15, 0.2) is 0 Å². The Morgan fingerprint density at radius 3 is 2.91 bits per heavy atom. The molecule has 0 radical (unpaired) electrons. The quantitative estimate of drug-likeness (QED) is 0.808. The lowest BCUT2D eigenvalue weighted by atomic mass is 10.2. The molecule has 1 aromatic heterocycles. The Morgan fingerprint density at radius 1 is 1.09 bits per heavy atom. The van der Waals surface area contributed by atoms with Crippen LogP contribution in [0.3, 0.4) is 0 Å². The number of hydrogen-bond donors (Lipinski definition) is 1. The molecule has 0 atom stereocenters. The fraction of sp³-hybridized carbons (Fsp3) is 0.158.